The Bertz CT molecular complexity index is 494. The zero-order valence-electron chi connectivity index (χ0n) is 9.04. The normalized spacial score (nSPS) is 12.4. The van der Waals surface area contributed by atoms with Gasteiger partial charge in [-0.1, -0.05) is 56.1 Å². The fourth-order valence-electron chi connectivity index (χ4n) is 1.65. The standard InChI is InChI=1S/C14H11Br2I/c15-12-6-4-10(5-7-12)8-14(16)11-2-1-3-13(17)9-11/h1-7,9,14H,8H2. The van der Waals surface area contributed by atoms with Crippen molar-refractivity contribution in [2.24, 2.45) is 0 Å². The van der Waals surface area contributed by atoms with E-state index in [2.05, 4.69) is 103 Å². The van der Waals surface area contributed by atoms with Crippen LogP contribution in [0.1, 0.15) is 16.0 Å². The van der Waals surface area contributed by atoms with Crippen LogP contribution in [0, 0.1) is 3.57 Å². The Kier molecular flexibility index (Phi) is 5.06. The lowest BCUT2D eigenvalue weighted by Crippen LogP contribution is -1.95. The number of rotatable bonds is 3. The zero-order chi connectivity index (χ0) is 12.3. The molecule has 2 rings (SSSR count). The maximum Gasteiger partial charge on any atom is 0.0435 e. The van der Waals surface area contributed by atoms with Crippen LogP contribution in [0.15, 0.2) is 53.0 Å². The van der Waals surface area contributed by atoms with Crippen molar-refractivity contribution >= 4 is 54.5 Å². The van der Waals surface area contributed by atoms with Gasteiger partial charge in [-0.05, 0) is 64.4 Å². The van der Waals surface area contributed by atoms with Crippen molar-refractivity contribution in [3.63, 3.8) is 0 Å². The lowest BCUT2D eigenvalue weighted by molar-refractivity contribution is 0.947. The molecule has 0 fully saturated rings. The molecule has 2 aromatic carbocycles. The minimum absolute atomic E-state index is 0.374. The van der Waals surface area contributed by atoms with Gasteiger partial charge in [-0.15, -0.1) is 0 Å². The summed E-state index contributed by atoms with van der Waals surface area (Å²) >= 11 is 9.56. The molecule has 0 saturated carbocycles. The minimum Gasteiger partial charge on any atom is -0.0835 e. The minimum atomic E-state index is 0.374. The lowest BCUT2D eigenvalue weighted by atomic mass is 10.0. The lowest BCUT2D eigenvalue weighted by Gasteiger charge is -2.10. The van der Waals surface area contributed by atoms with Crippen LogP contribution in [0.25, 0.3) is 0 Å². The highest BCUT2D eigenvalue weighted by molar-refractivity contribution is 14.1. The molecular formula is C14H11Br2I. The van der Waals surface area contributed by atoms with Gasteiger partial charge in [-0.25, -0.2) is 0 Å². The Morgan fingerprint density at radius 2 is 1.76 bits per heavy atom. The van der Waals surface area contributed by atoms with Gasteiger partial charge >= 0.3 is 0 Å². The van der Waals surface area contributed by atoms with Crippen molar-refractivity contribution in [1.29, 1.82) is 0 Å². The number of halogens is 3. The van der Waals surface area contributed by atoms with Crippen molar-refractivity contribution in [2.75, 3.05) is 0 Å². The highest BCUT2D eigenvalue weighted by atomic mass is 127. The predicted octanol–water partition coefficient (Wildman–Crippen LogP) is 5.73. The molecule has 0 N–H and O–H groups in total. The van der Waals surface area contributed by atoms with Crippen LogP contribution in [-0.2, 0) is 6.42 Å². The summed E-state index contributed by atoms with van der Waals surface area (Å²) in [5.74, 6) is 0. The van der Waals surface area contributed by atoms with Crippen LogP contribution < -0.4 is 0 Å². The molecule has 0 radical (unpaired) electrons. The molecule has 0 saturated heterocycles. The van der Waals surface area contributed by atoms with Crippen molar-refractivity contribution in [3.05, 3.63) is 67.7 Å². The molecule has 0 aliphatic rings. The largest absolute Gasteiger partial charge is 0.0835 e. The fraction of sp³-hybridized carbons (Fsp3) is 0.143. The van der Waals surface area contributed by atoms with E-state index in [-0.39, 0.29) is 0 Å². The summed E-state index contributed by atoms with van der Waals surface area (Å²) < 4.78 is 2.40. The number of hydrogen-bond acceptors (Lipinski definition) is 0. The average Bonchev–Trinajstić information content (AvgIpc) is 2.32. The average molecular weight is 466 g/mol. The van der Waals surface area contributed by atoms with Crippen molar-refractivity contribution in [3.8, 4) is 0 Å². The second-order valence-electron chi connectivity index (χ2n) is 3.85. The van der Waals surface area contributed by atoms with E-state index in [9.17, 15) is 0 Å². The molecule has 0 aromatic heterocycles. The molecule has 3 heteroatoms. The monoisotopic (exact) mass is 464 g/mol. The van der Waals surface area contributed by atoms with Crippen molar-refractivity contribution < 1.29 is 0 Å². The van der Waals surface area contributed by atoms with Gasteiger partial charge in [0.2, 0.25) is 0 Å². The van der Waals surface area contributed by atoms with Gasteiger partial charge in [0.05, 0.1) is 0 Å². The molecule has 0 amide bonds. The van der Waals surface area contributed by atoms with Crippen LogP contribution >= 0.6 is 54.5 Å². The Balaban J connectivity index is 2.11. The van der Waals surface area contributed by atoms with E-state index in [1.807, 2.05) is 0 Å². The maximum absolute atomic E-state index is 3.76. The van der Waals surface area contributed by atoms with Crippen LogP contribution in [0.3, 0.4) is 0 Å². The molecule has 88 valence electrons. The topological polar surface area (TPSA) is 0 Å². The van der Waals surface area contributed by atoms with E-state index in [0.29, 0.717) is 4.83 Å². The maximum atomic E-state index is 3.76. The molecular weight excluding hydrogens is 455 g/mol. The van der Waals surface area contributed by atoms with E-state index < -0.39 is 0 Å². The predicted molar refractivity (Wildman–Crippen MR) is 88.7 cm³/mol. The number of benzene rings is 2. The zero-order valence-corrected chi connectivity index (χ0v) is 14.4. The highest BCUT2D eigenvalue weighted by Crippen LogP contribution is 2.28. The second-order valence-corrected chi connectivity index (χ2v) is 7.12. The van der Waals surface area contributed by atoms with Gasteiger partial charge in [0, 0.05) is 12.9 Å². The smallest absolute Gasteiger partial charge is 0.0435 e. The van der Waals surface area contributed by atoms with Crippen molar-refractivity contribution in [2.45, 2.75) is 11.2 Å². The fourth-order valence-corrected chi connectivity index (χ4v) is 3.14. The molecule has 1 atom stereocenters. The summed E-state index contributed by atoms with van der Waals surface area (Å²) in [5.41, 5.74) is 2.67. The van der Waals surface area contributed by atoms with Gasteiger partial charge in [-0.3, -0.25) is 0 Å². The summed E-state index contributed by atoms with van der Waals surface area (Å²) in [4.78, 5) is 0.374. The van der Waals surface area contributed by atoms with Crippen LogP contribution in [0.2, 0.25) is 0 Å². The first kappa shape index (κ1) is 13.6. The summed E-state index contributed by atoms with van der Waals surface area (Å²) in [6.07, 6.45) is 1.01. The molecule has 0 spiro atoms. The first-order chi connectivity index (χ1) is 8.15. The van der Waals surface area contributed by atoms with E-state index in [1.54, 1.807) is 0 Å². The molecule has 0 aliphatic heterocycles. The second kappa shape index (κ2) is 6.34. The van der Waals surface area contributed by atoms with Gasteiger partial charge in [0.25, 0.3) is 0 Å². The van der Waals surface area contributed by atoms with E-state index in [1.165, 1.54) is 14.7 Å². The molecule has 0 heterocycles. The number of alkyl halides is 1. The third-order valence-electron chi connectivity index (χ3n) is 2.54. The quantitative estimate of drug-likeness (QED) is 0.401. The Morgan fingerprint density at radius 3 is 2.41 bits per heavy atom. The highest BCUT2D eigenvalue weighted by Gasteiger charge is 2.08. The molecule has 0 nitrogen and oxygen atoms in total. The molecule has 0 bridgehead atoms. The van der Waals surface area contributed by atoms with Gasteiger partial charge in [0.1, 0.15) is 0 Å². The molecule has 2 aromatic rings. The molecule has 17 heavy (non-hydrogen) atoms. The first-order valence-corrected chi connectivity index (χ1v) is 8.08. The van der Waals surface area contributed by atoms with Crippen LogP contribution in [-0.4, -0.2) is 0 Å². The van der Waals surface area contributed by atoms with Gasteiger partial charge < -0.3 is 0 Å². The molecule has 1 unspecified atom stereocenters. The summed E-state index contributed by atoms with van der Waals surface area (Å²) in [6.45, 7) is 0. The third kappa shape index (κ3) is 4.07. The van der Waals surface area contributed by atoms with Gasteiger partial charge in [0.15, 0.2) is 0 Å². The summed E-state index contributed by atoms with van der Waals surface area (Å²) in [6, 6.07) is 17.1. The van der Waals surface area contributed by atoms with Gasteiger partial charge in [-0.2, -0.15) is 0 Å². The SMILES string of the molecule is Brc1ccc(CC(Br)c2cccc(I)c2)cc1. The molecule has 0 aliphatic carbocycles. The number of hydrogen-bond donors (Lipinski definition) is 0. The first-order valence-electron chi connectivity index (χ1n) is 5.29. The Hall–Kier alpha value is 0.130. The van der Waals surface area contributed by atoms with Crippen molar-refractivity contribution in [1.82, 2.24) is 0 Å². The Morgan fingerprint density at radius 1 is 1.06 bits per heavy atom. The summed E-state index contributed by atoms with van der Waals surface area (Å²) in [5, 5.41) is 0. The Labute approximate surface area is 132 Å². The van der Waals surface area contributed by atoms with E-state index in [4.69, 9.17) is 0 Å². The van der Waals surface area contributed by atoms with Crippen LogP contribution in [0.4, 0.5) is 0 Å². The van der Waals surface area contributed by atoms with Crippen LogP contribution in [0.5, 0.6) is 0 Å². The summed E-state index contributed by atoms with van der Waals surface area (Å²) in [7, 11) is 0. The third-order valence-corrected chi connectivity index (χ3v) is 4.59. The van der Waals surface area contributed by atoms with E-state index >= 15 is 0 Å². The van der Waals surface area contributed by atoms with E-state index in [0.717, 1.165) is 10.9 Å².